The number of ether oxygens (including phenoxy) is 1. The minimum atomic E-state index is 0.323. The zero-order chi connectivity index (χ0) is 12.6. The van der Waals surface area contributed by atoms with Gasteiger partial charge in [-0.1, -0.05) is 0 Å². The highest BCUT2D eigenvalue weighted by atomic mass is 16.5. The van der Waals surface area contributed by atoms with Gasteiger partial charge in [-0.2, -0.15) is 0 Å². The molecule has 2 heterocycles. The van der Waals surface area contributed by atoms with Crippen molar-refractivity contribution in [2.45, 2.75) is 51.1 Å². The van der Waals surface area contributed by atoms with Gasteiger partial charge in [-0.05, 0) is 51.4 Å². The molecule has 1 atom stereocenters. The molecule has 1 aliphatic carbocycles. The Labute approximate surface area is 111 Å². The SMILES string of the molecule is CC1(C)CNC(C2CC2)CN1CC1CCOCC1. The smallest absolute Gasteiger partial charge is 0.0469 e. The molecule has 0 aromatic carbocycles. The molecule has 1 unspecified atom stereocenters. The van der Waals surface area contributed by atoms with Crippen molar-refractivity contribution < 1.29 is 4.74 Å². The van der Waals surface area contributed by atoms with Crippen LogP contribution >= 0.6 is 0 Å². The van der Waals surface area contributed by atoms with Gasteiger partial charge in [0.25, 0.3) is 0 Å². The molecule has 2 saturated heterocycles. The van der Waals surface area contributed by atoms with Crippen LogP contribution in [0.2, 0.25) is 0 Å². The summed E-state index contributed by atoms with van der Waals surface area (Å²) in [5.41, 5.74) is 0.323. The zero-order valence-corrected chi connectivity index (χ0v) is 12.0. The highest BCUT2D eigenvalue weighted by Gasteiger charge is 2.40. The Morgan fingerprint density at radius 3 is 2.56 bits per heavy atom. The van der Waals surface area contributed by atoms with Crippen LogP contribution in [-0.2, 0) is 4.74 Å². The van der Waals surface area contributed by atoms with E-state index in [1.165, 1.54) is 38.8 Å². The van der Waals surface area contributed by atoms with Crippen LogP contribution in [0.4, 0.5) is 0 Å². The number of hydrogen-bond acceptors (Lipinski definition) is 3. The number of nitrogens with one attached hydrogen (secondary N) is 1. The summed E-state index contributed by atoms with van der Waals surface area (Å²) in [4.78, 5) is 2.75. The van der Waals surface area contributed by atoms with Crippen LogP contribution in [0.1, 0.15) is 39.5 Å². The van der Waals surface area contributed by atoms with Gasteiger partial charge in [0.15, 0.2) is 0 Å². The van der Waals surface area contributed by atoms with Crippen molar-refractivity contribution in [2.24, 2.45) is 11.8 Å². The van der Waals surface area contributed by atoms with Gasteiger partial charge in [-0.15, -0.1) is 0 Å². The lowest BCUT2D eigenvalue weighted by Gasteiger charge is -2.48. The van der Waals surface area contributed by atoms with E-state index in [0.717, 1.165) is 37.6 Å². The molecule has 2 aliphatic heterocycles. The van der Waals surface area contributed by atoms with Crippen LogP contribution in [0.3, 0.4) is 0 Å². The van der Waals surface area contributed by atoms with E-state index < -0.39 is 0 Å². The molecule has 3 rings (SSSR count). The summed E-state index contributed by atoms with van der Waals surface area (Å²) in [6, 6.07) is 0.762. The Kier molecular flexibility index (Phi) is 3.65. The summed E-state index contributed by atoms with van der Waals surface area (Å²) in [7, 11) is 0. The molecule has 18 heavy (non-hydrogen) atoms. The van der Waals surface area contributed by atoms with Crippen LogP contribution in [0.5, 0.6) is 0 Å². The normalized spacial score (nSPS) is 34.7. The largest absolute Gasteiger partial charge is 0.381 e. The van der Waals surface area contributed by atoms with Gasteiger partial charge >= 0.3 is 0 Å². The van der Waals surface area contributed by atoms with Crippen LogP contribution in [0, 0.1) is 11.8 Å². The third-order valence-corrected chi connectivity index (χ3v) is 5.08. The molecule has 104 valence electrons. The second-order valence-electron chi connectivity index (χ2n) is 7.10. The highest BCUT2D eigenvalue weighted by Crippen LogP contribution is 2.36. The van der Waals surface area contributed by atoms with E-state index in [9.17, 15) is 0 Å². The van der Waals surface area contributed by atoms with Gasteiger partial charge in [-0.25, -0.2) is 0 Å². The van der Waals surface area contributed by atoms with Crippen molar-refractivity contribution in [3.8, 4) is 0 Å². The van der Waals surface area contributed by atoms with E-state index in [1.54, 1.807) is 0 Å². The van der Waals surface area contributed by atoms with E-state index in [0.29, 0.717) is 5.54 Å². The molecule has 0 aromatic rings. The predicted molar refractivity (Wildman–Crippen MR) is 73.7 cm³/mol. The molecule has 3 heteroatoms. The molecule has 1 N–H and O–H groups in total. The van der Waals surface area contributed by atoms with E-state index in [2.05, 4.69) is 24.1 Å². The fraction of sp³-hybridized carbons (Fsp3) is 1.00. The van der Waals surface area contributed by atoms with Crippen molar-refractivity contribution in [3.63, 3.8) is 0 Å². The molecule has 0 amide bonds. The Bertz CT molecular complexity index is 282. The topological polar surface area (TPSA) is 24.5 Å². The Balaban J connectivity index is 1.58. The van der Waals surface area contributed by atoms with Crippen LogP contribution < -0.4 is 5.32 Å². The van der Waals surface area contributed by atoms with Gasteiger partial charge in [0.1, 0.15) is 0 Å². The number of rotatable bonds is 3. The molecule has 3 nitrogen and oxygen atoms in total. The van der Waals surface area contributed by atoms with Crippen LogP contribution in [0.15, 0.2) is 0 Å². The lowest BCUT2D eigenvalue weighted by Crippen LogP contribution is -2.63. The Hall–Kier alpha value is -0.120. The van der Waals surface area contributed by atoms with Crippen molar-refractivity contribution in [1.29, 1.82) is 0 Å². The summed E-state index contributed by atoms with van der Waals surface area (Å²) in [6.07, 6.45) is 5.41. The predicted octanol–water partition coefficient (Wildman–Crippen LogP) is 1.88. The second kappa shape index (κ2) is 5.10. The van der Waals surface area contributed by atoms with Gasteiger partial charge in [0.05, 0.1) is 0 Å². The van der Waals surface area contributed by atoms with Crippen molar-refractivity contribution in [3.05, 3.63) is 0 Å². The molecular formula is C15H28N2O. The Morgan fingerprint density at radius 2 is 1.89 bits per heavy atom. The average Bonchev–Trinajstić information content (AvgIpc) is 3.17. The molecule has 3 aliphatic rings. The van der Waals surface area contributed by atoms with E-state index >= 15 is 0 Å². The lowest BCUT2D eigenvalue weighted by molar-refractivity contribution is 0.0100. The molecule has 3 fully saturated rings. The first kappa shape index (κ1) is 12.9. The molecular weight excluding hydrogens is 224 g/mol. The first-order valence-electron chi connectivity index (χ1n) is 7.71. The summed E-state index contributed by atoms with van der Waals surface area (Å²) >= 11 is 0. The maximum absolute atomic E-state index is 5.48. The van der Waals surface area contributed by atoms with E-state index in [-0.39, 0.29) is 0 Å². The minimum absolute atomic E-state index is 0.323. The van der Waals surface area contributed by atoms with Crippen molar-refractivity contribution in [1.82, 2.24) is 10.2 Å². The summed E-state index contributed by atoms with van der Waals surface area (Å²) in [5.74, 6) is 1.83. The standard InChI is InChI=1S/C15H28N2O/c1-15(2)11-16-14(13-3-4-13)10-17(15)9-12-5-7-18-8-6-12/h12-14,16H,3-11H2,1-2H3. The maximum atomic E-state index is 5.48. The van der Waals surface area contributed by atoms with Gasteiger partial charge < -0.3 is 10.1 Å². The first-order chi connectivity index (χ1) is 8.65. The number of hydrogen-bond donors (Lipinski definition) is 1. The summed E-state index contributed by atoms with van der Waals surface area (Å²) in [6.45, 7) is 10.4. The Morgan fingerprint density at radius 1 is 1.17 bits per heavy atom. The van der Waals surface area contributed by atoms with Crippen LogP contribution in [-0.4, -0.2) is 49.3 Å². The van der Waals surface area contributed by atoms with Gasteiger partial charge in [-0.3, -0.25) is 4.90 Å². The van der Waals surface area contributed by atoms with E-state index in [4.69, 9.17) is 4.74 Å². The van der Waals surface area contributed by atoms with E-state index in [1.807, 2.05) is 0 Å². The van der Waals surface area contributed by atoms with Crippen LogP contribution in [0.25, 0.3) is 0 Å². The summed E-state index contributed by atoms with van der Waals surface area (Å²) < 4.78 is 5.48. The molecule has 0 aromatic heterocycles. The highest BCUT2D eigenvalue weighted by molar-refractivity contribution is 4.98. The third-order valence-electron chi connectivity index (χ3n) is 5.08. The van der Waals surface area contributed by atoms with Crippen molar-refractivity contribution >= 4 is 0 Å². The molecule has 0 radical (unpaired) electrons. The lowest BCUT2D eigenvalue weighted by atomic mass is 9.91. The minimum Gasteiger partial charge on any atom is -0.381 e. The fourth-order valence-corrected chi connectivity index (χ4v) is 3.42. The monoisotopic (exact) mass is 252 g/mol. The van der Waals surface area contributed by atoms with Gasteiger partial charge in [0, 0.05) is 44.4 Å². The molecule has 0 spiro atoms. The zero-order valence-electron chi connectivity index (χ0n) is 12.0. The average molecular weight is 252 g/mol. The van der Waals surface area contributed by atoms with Crippen molar-refractivity contribution in [2.75, 3.05) is 32.8 Å². The molecule has 1 saturated carbocycles. The third kappa shape index (κ3) is 2.89. The molecule has 0 bridgehead atoms. The quantitative estimate of drug-likeness (QED) is 0.830. The second-order valence-corrected chi connectivity index (χ2v) is 7.10. The maximum Gasteiger partial charge on any atom is 0.0469 e. The number of piperazine rings is 1. The van der Waals surface area contributed by atoms with Gasteiger partial charge in [0.2, 0.25) is 0 Å². The summed E-state index contributed by atoms with van der Waals surface area (Å²) in [5, 5.41) is 3.77. The number of nitrogens with zero attached hydrogens (tertiary/aromatic N) is 1. The fourth-order valence-electron chi connectivity index (χ4n) is 3.42. The first-order valence-corrected chi connectivity index (χ1v) is 7.71.